The first kappa shape index (κ1) is 21.7. The van der Waals surface area contributed by atoms with Crippen molar-refractivity contribution in [1.82, 2.24) is 0 Å². The third kappa shape index (κ3) is 5.96. The monoisotopic (exact) mass is 412 g/mol. The molecule has 1 aromatic carbocycles. The van der Waals surface area contributed by atoms with Crippen molar-refractivity contribution in [3.8, 4) is 11.8 Å². The lowest BCUT2D eigenvalue weighted by molar-refractivity contribution is -0.138. The fourth-order valence-corrected chi connectivity index (χ4v) is 3.21. The second-order valence-corrected chi connectivity index (χ2v) is 6.64. The number of benzene rings is 1. The fraction of sp³-hybridized carbons (Fsp3) is 0.190. The second-order valence-electron chi connectivity index (χ2n) is 5.59. The lowest BCUT2D eigenvalue weighted by atomic mass is 10.1. The van der Waals surface area contributed by atoms with E-state index in [1.807, 2.05) is 6.07 Å². The predicted molar refractivity (Wildman–Crippen MR) is 110 cm³/mol. The molecule has 2 aromatic rings. The Labute approximate surface area is 172 Å². The minimum atomic E-state index is -0.625. The van der Waals surface area contributed by atoms with Crippen molar-refractivity contribution in [2.24, 2.45) is 0 Å². The molecule has 0 bridgehead atoms. The van der Waals surface area contributed by atoms with Crippen molar-refractivity contribution in [2.45, 2.75) is 13.5 Å². The van der Waals surface area contributed by atoms with Crippen molar-refractivity contribution >= 4 is 34.4 Å². The summed E-state index contributed by atoms with van der Waals surface area (Å²) in [4.78, 5) is 24.2. The lowest BCUT2D eigenvalue weighted by Crippen LogP contribution is -2.08. The number of nitrogens with zero attached hydrogens (tertiary/aromatic N) is 1. The quantitative estimate of drug-likeness (QED) is 0.380. The van der Waals surface area contributed by atoms with E-state index in [9.17, 15) is 14.9 Å². The van der Waals surface area contributed by atoms with Gasteiger partial charge in [-0.05, 0) is 30.7 Å². The molecule has 29 heavy (non-hydrogen) atoms. The van der Waals surface area contributed by atoms with Crippen molar-refractivity contribution in [3.05, 3.63) is 64.6 Å². The highest BCUT2D eigenvalue weighted by Gasteiger charge is 2.23. The van der Waals surface area contributed by atoms with Crippen LogP contribution in [0.1, 0.15) is 33.3 Å². The molecular formula is C21H20N2O5S. The van der Waals surface area contributed by atoms with Gasteiger partial charge in [-0.15, -0.1) is 11.3 Å². The van der Waals surface area contributed by atoms with E-state index in [1.165, 1.54) is 6.08 Å². The molecule has 0 fully saturated rings. The van der Waals surface area contributed by atoms with Crippen LogP contribution in [-0.4, -0.2) is 25.2 Å². The maximum Gasteiger partial charge on any atom is 0.348 e. The molecule has 0 saturated carbocycles. The largest absolute Gasteiger partial charge is 0.490 e. The Morgan fingerprint density at radius 3 is 2.62 bits per heavy atom. The first-order valence-corrected chi connectivity index (χ1v) is 9.48. The summed E-state index contributed by atoms with van der Waals surface area (Å²) in [5.74, 6) is -0.540. The Kier molecular flexibility index (Phi) is 8.00. The van der Waals surface area contributed by atoms with Gasteiger partial charge in [-0.1, -0.05) is 24.8 Å². The number of rotatable bonds is 9. The van der Waals surface area contributed by atoms with E-state index in [4.69, 9.17) is 19.9 Å². The number of esters is 2. The fourth-order valence-electron chi connectivity index (χ4n) is 2.29. The van der Waals surface area contributed by atoms with Crippen LogP contribution in [0.2, 0.25) is 0 Å². The molecule has 0 atom stereocenters. The Morgan fingerprint density at radius 2 is 2.00 bits per heavy atom. The molecule has 0 amide bonds. The number of nitrogen functional groups attached to an aromatic ring is 1. The van der Waals surface area contributed by atoms with Crippen molar-refractivity contribution < 1.29 is 23.8 Å². The van der Waals surface area contributed by atoms with Gasteiger partial charge in [-0.25, -0.2) is 9.59 Å². The van der Waals surface area contributed by atoms with Crippen LogP contribution in [0.4, 0.5) is 5.00 Å². The van der Waals surface area contributed by atoms with E-state index in [0.29, 0.717) is 12.4 Å². The molecule has 0 spiro atoms. The Hall–Kier alpha value is -3.57. The highest BCUT2D eigenvalue weighted by Crippen LogP contribution is 2.31. The minimum Gasteiger partial charge on any atom is -0.490 e. The summed E-state index contributed by atoms with van der Waals surface area (Å²) in [6.45, 7) is 5.58. The van der Waals surface area contributed by atoms with Crippen molar-refractivity contribution in [2.75, 3.05) is 18.9 Å². The topological polar surface area (TPSA) is 112 Å². The maximum absolute atomic E-state index is 12.0. The molecule has 0 aliphatic heterocycles. The summed E-state index contributed by atoms with van der Waals surface area (Å²) in [6, 6.07) is 9.05. The van der Waals surface area contributed by atoms with Crippen LogP contribution >= 0.6 is 11.3 Å². The molecule has 0 aliphatic carbocycles. The van der Waals surface area contributed by atoms with Gasteiger partial charge in [0, 0.05) is 11.6 Å². The minimum absolute atomic E-state index is 0.116. The molecule has 0 saturated heterocycles. The van der Waals surface area contributed by atoms with Crippen LogP contribution in [-0.2, 0) is 20.9 Å². The molecule has 0 aliphatic rings. The number of hydrogen-bond acceptors (Lipinski definition) is 8. The van der Waals surface area contributed by atoms with Crippen LogP contribution in [0.5, 0.6) is 5.75 Å². The SMILES string of the molecule is C=CCOc1ccc(/C=C/C(=O)OCc2c(C(=O)OCC)sc(N)c2C#N)cc1. The molecule has 0 unspecified atom stereocenters. The van der Waals surface area contributed by atoms with Crippen LogP contribution in [0.25, 0.3) is 6.08 Å². The van der Waals surface area contributed by atoms with E-state index >= 15 is 0 Å². The normalized spacial score (nSPS) is 10.3. The van der Waals surface area contributed by atoms with Crippen LogP contribution in [0.15, 0.2) is 43.0 Å². The van der Waals surface area contributed by atoms with Gasteiger partial charge in [0.25, 0.3) is 0 Å². The Bertz CT molecular complexity index is 955. The zero-order valence-corrected chi connectivity index (χ0v) is 16.7. The average molecular weight is 412 g/mol. The smallest absolute Gasteiger partial charge is 0.348 e. The average Bonchev–Trinajstić information content (AvgIpc) is 3.05. The molecule has 150 valence electrons. The summed E-state index contributed by atoms with van der Waals surface area (Å²) < 4.78 is 15.5. The number of hydrogen-bond donors (Lipinski definition) is 1. The van der Waals surface area contributed by atoms with E-state index in [-0.39, 0.29) is 34.2 Å². The van der Waals surface area contributed by atoms with E-state index in [2.05, 4.69) is 6.58 Å². The van der Waals surface area contributed by atoms with E-state index in [1.54, 1.807) is 43.3 Å². The van der Waals surface area contributed by atoms with Gasteiger partial charge < -0.3 is 19.9 Å². The second kappa shape index (κ2) is 10.7. The third-order valence-corrected chi connectivity index (χ3v) is 4.67. The van der Waals surface area contributed by atoms with Gasteiger partial charge in [0.15, 0.2) is 0 Å². The summed E-state index contributed by atoms with van der Waals surface area (Å²) in [6.07, 6.45) is 4.49. The molecule has 0 radical (unpaired) electrons. The molecule has 8 heteroatoms. The highest BCUT2D eigenvalue weighted by molar-refractivity contribution is 7.18. The van der Waals surface area contributed by atoms with Crippen molar-refractivity contribution in [1.29, 1.82) is 5.26 Å². The zero-order valence-electron chi connectivity index (χ0n) is 15.8. The van der Waals surface area contributed by atoms with Gasteiger partial charge in [-0.3, -0.25) is 0 Å². The summed E-state index contributed by atoms with van der Waals surface area (Å²) in [5, 5.41) is 9.45. The van der Waals surface area contributed by atoms with Crippen LogP contribution < -0.4 is 10.5 Å². The number of nitrogens with two attached hydrogens (primary N) is 1. The van der Waals surface area contributed by atoms with Crippen molar-refractivity contribution in [3.63, 3.8) is 0 Å². The van der Waals surface area contributed by atoms with Gasteiger partial charge in [0.2, 0.25) is 0 Å². The summed E-state index contributed by atoms with van der Waals surface area (Å²) in [5.41, 5.74) is 6.93. The van der Waals surface area contributed by atoms with Crippen LogP contribution in [0.3, 0.4) is 0 Å². The van der Waals surface area contributed by atoms with Gasteiger partial charge in [0.05, 0.1) is 12.2 Å². The maximum atomic E-state index is 12.0. The first-order valence-electron chi connectivity index (χ1n) is 8.67. The zero-order chi connectivity index (χ0) is 21.2. The number of ether oxygens (including phenoxy) is 3. The first-order chi connectivity index (χ1) is 14.0. The van der Waals surface area contributed by atoms with E-state index < -0.39 is 11.9 Å². The number of carbonyl (C=O) groups excluding carboxylic acids is 2. The molecule has 2 rings (SSSR count). The summed E-state index contributed by atoms with van der Waals surface area (Å²) >= 11 is 0.936. The Balaban J connectivity index is 2.03. The molecule has 1 aromatic heterocycles. The number of nitriles is 1. The third-order valence-electron chi connectivity index (χ3n) is 3.63. The highest BCUT2D eigenvalue weighted by atomic mass is 32.1. The molecule has 7 nitrogen and oxygen atoms in total. The van der Waals surface area contributed by atoms with Gasteiger partial charge in [0.1, 0.15) is 34.9 Å². The number of thiophene rings is 1. The Morgan fingerprint density at radius 1 is 1.28 bits per heavy atom. The molecular weight excluding hydrogens is 392 g/mol. The van der Waals surface area contributed by atoms with Gasteiger partial charge >= 0.3 is 11.9 Å². The predicted octanol–water partition coefficient (Wildman–Crippen LogP) is 3.70. The van der Waals surface area contributed by atoms with E-state index in [0.717, 1.165) is 16.9 Å². The summed E-state index contributed by atoms with van der Waals surface area (Å²) in [7, 11) is 0. The molecule has 2 N–H and O–H groups in total. The molecule has 1 heterocycles. The number of carbonyl (C=O) groups is 2. The lowest BCUT2D eigenvalue weighted by Gasteiger charge is -2.05. The van der Waals surface area contributed by atoms with Gasteiger partial charge in [-0.2, -0.15) is 5.26 Å². The standard InChI is InChI=1S/C21H20N2O5S/c1-3-11-27-15-8-5-14(6-9-15)7-10-18(24)28-13-17-16(12-22)20(23)29-19(17)21(25)26-4-2/h3,5-10H,1,4,11,13,23H2,2H3/b10-7+. The van der Waals surface area contributed by atoms with Crippen LogP contribution in [0, 0.1) is 11.3 Å². The number of anilines is 1.